The summed E-state index contributed by atoms with van der Waals surface area (Å²) in [5.74, 6) is 0.452. The number of aromatic hydroxyl groups is 1. The molecule has 2 aromatic heterocycles. The van der Waals surface area contributed by atoms with Gasteiger partial charge in [0.1, 0.15) is 19.8 Å². The Morgan fingerprint density at radius 2 is 1.06 bits per heavy atom. The Hall–Kier alpha value is -2.10. The fourth-order valence-electron chi connectivity index (χ4n) is 3.38. The molecule has 32 heavy (non-hydrogen) atoms. The summed E-state index contributed by atoms with van der Waals surface area (Å²) in [4.78, 5) is 0. The van der Waals surface area contributed by atoms with E-state index in [4.69, 9.17) is 0 Å². The Morgan fingerprint density at radius 3 is 1.53 bits per heavy atom. The summed E-state index contributed by atoms with van der Waals surface area (Å²) >= 11 is 0. The van der Waals surface area contributed by atoms with Crippen LogP contribution in [0, 0.1) is 0 Å². The molecule has 176 valence electrons. The minimum atomic E-state index is 0. The molecule has 0 bridgehead atoms. The Morgan fingerprint density at radius 1 is 0.625 bits per heavy atom. The van der Waals surface area contributed by atoms with Crippen molar-refractivity contribution in [2.45, 2.75) is 58.3 Å². The van der Waals surface area contributed by atoms with Gasteiger partial charge in [-0.05, 0) is 35.6 Å². The standard InChI is InChI=1S/C15H24O.C12H14N2.2ClH/c1-2-3-4-5-6-7-8-11-14-12-9-10-13-15(14)16;1-13-7-3-11(4-8-13)12-5-9-14(2)10-6-12;;/h9-10,12-13,16H,2-8,11H2,1H3;3-10H,1-2H3;2*1H/q;+2;;/p-2. The van der Waals surface area contributed by atoms with Crippen LogP contribution in [0.3, 0.4) is 0 Å². The number of aromatic nitrogens is 2. The highest BCUT2D eigenvalue weighted by atomic mass is 35.5. The molecule has 3 nitrogen and oxygen atoms in total. The van der Waals surface area contributed by atoms with E-state index < -0.39 is 0 Å². The Balaban J connectivity index is 0.000000568. The maximum atomic E-state index is 9.58. The number of unbranched alkanes of at least 4 members (excludes halogenated alkanes) is 6. The normalized spacial score (nSPS) is 9.72. The van der Waals surface area contributed by atoms with E-state index in [0.717, 1.165) is 12.0 Å². The van der Waals surface area contributed by atoms with Crippen molar-refractivity contribution in [1.82, 2.24) is 0 Å². The summed E-state index contributed by atoms with van der Waals surface area (Å²) in [5.41, 5.74) is 3.60. The number of hydrogen-bond donors (Lipinski definition) is 1. The summed E-state index contributed by atoms with van der Waals surface area (Å²) in [6.07, 6.45) is 18.5. The molecule has 0 spiro atoms. The zero-order valence-corrected chi connectivity index (χ0v) is 21.2. The number of aryl methyl sites for hydroxylation is 3. The van der Waals surface area contributed by atoms with Crippen molar-refractivity contribution in [3.8, 4) is 16.9 Å². The van der Waals surface area contributed by atoms with Crippen LogP contribution in [0.1, 0.15) is 57.4 Å². The van der Waals surface area contributed by atoms with Crippen LogP contribution in [-0.2, 0) is 20.5 Å². The van der Waals surface area contributed by atoms with Gasteiger partial charge in [0.15, 0.2) is 24.8 Å². The number of rotatable bonds is 9. The molecule has 0 aliphatic heterocycles. The molecule has 2 heterocycles. The van der Waals surface area contributed by atoms with Crippen LogP contribution >= 0.6 is 0 Å². The number of benzene rings is 1. The molecular formula is C27H38Cl2N2O. The van der Waals surface area contributed by atoms with Crippen LogP contribution in [0.5, 0.6) is 5.75 Å². The van der Waals surface area contributed by atoms with Gasteiger partial charge >= 0.3 is 0 Å². The topological polar surface area (TPSA) is 28.0 Å². The first-order chi connectivity index (χ1) is 14.6. The van der Waals surface area contributed by atoms with Crippen molar-refractivity contribution in [2.24, 2.45) is 14.1 Å². The number of para-hydroxylation sites is 1. The van der Waals surface area contributed by atoms with Crippen LogP contribution < -0.4 is 33.9 Å². The van der Waals surface area contributed by atoms with E-state index in [9.17, 15) is 5.11 Å². The third-order valence-electron chi connectivity index (χ3n) is 5.33. The van der Waals surface area contributed by atoms with Gasteiger partial charge in [-0.15, -0.1) is 0 Å². The molecule has 1 aromatic carbocycles. The molecule has 3 aromatic rings. The Bertz CT molecular complexity index is 809. The highest BCUT2D eigenvalue weighted by Gasteiger charge is 2.01. The zero-order chi connectivity index (χ0) is 21.6. The fourth-order valence-corrected chi connectivity index (χ4v) is 3.38. The van der Waals surface area contributed by atoms with E-state index in [1.54, 1.807) is 6.07 Å². The summed E-state index contributed by atoms with van der Waals surface area (Å²) in [7, 11) is 4.05. The smallest absolute Gasteiger partial charge is 0.169 e. The first-order valence-corrected chi connectivity index (χ1v) is 11.3. The lowest BCUT2D eigenvalue weighted by Gasteiger charge is -2.04. The number of phenols is 1. The van der Waals surface area contributed by atoms with Crippen molar-refractivity contribution in [3.63, 3.8) is 0 Å². The molecule has 0 aliphatic carbocycles. The van der Waals surface area contributed by atoms with Gasteiger partial charge in [-0.2, -0.15) is 0 Å². The second kappa shape index (κ2) is 17.5. The van der Waals surface area contributed by atoms with E-state index in [0.29, 0.717) is 5.75 Å². The first-order valence-electron chi connectivity index (χ1n) is 11.3. The molecule has 0 saturated carbocycles. The van der Waals surface area contributed by atoms with Gasteiger partial charge in [-0.3, -0.25) is 0 Å². The van der Waals surface area contributed by atoms with Crippen LogP contribution in [0.15, 0.2) is 73.3 Å². The lowest BCUT2D eigenvalue weighted by atomic mass is 10.0. The van der Waals surface area contributed by atoms with E-state index in [2.05, 4.69) is 56.0 Å². The second-order valence-electron chi connectivity index (χ2n) is 8.00. The molecule has 0 fully saturated rings. The molecular weight excluding hydrogens is 439 g/mol. The summed E-state index contributed by atoms with van der Waals surface area (Å²) in [6.45, 7) is 2.25. The van der Waals surface area contributed by atoms with Crippen LogP contribution in [0.25, 0.3) is 11.1 Å². The molecule has 0 radical (unpaired) electrons. The summed E-state index contributed by atoms with van der Waals surface area (Å²) in [6, 6.07) is 16.2. The Kier molecular flexibility index (Phi) is 16.3. The SMILES string of the molecule is CCCCCCCCCc1ccccc1O.C[n+]1ccc(-c2cc[n+](C)cc2)cc1.[Cl-].[Cl-]. The minimum Gasteiger partial charge on any atom is -1.00 e. The number of nitrogens with zero attached hydrogens (tertiary/aromatic N) is 2. The van der Waals surface area contributed by atoms with Crippen molar-refractivity contribution in [3.05, 3.63) is 78.9 Å². The van der Waals surface area contributed by atoms with Crippen LogP contribution in [0.4, 0.5) is 0 Å². The number of hydrogen-bond acceptors (Lipinski definition) is 1. The monoisotopic (exact) mass is 476 g/mol. The number of pyridine rings is 2. The molecule has 0 saturated heterocycles. The lowest BCUT2D eigenvalue weighted by molar-refractivity contribution is -0.671. The van der Waals surface area contributed by atoms with E-state index in [-0.39, 0.29) is 24.8 Å². The summed E-state index contributed by atoms with van der Waals surface area (Å²) < 4.78 is 4.07. The van der Waals surface area contributed by atoms with Gasteiger partial charge in [-0.25, -0.2) is 9.13 Å². The van der Waals surface area contributed by atoms with Crippen molar-refractivity contribution >= 4 is 0 Å². The third kappa shape index (κ3) is 11.5. The quantitative estimate of drug-likeness (QED) is 0.333. The third-order valence-corrected chi connectivity index (χ3v) is 5.33. The average molecular weight is 478 g/mol. The molecule has 0 aliphatic rings. The minimum absolute atomic E-state index is 0. The van der Waals surface area contributed by atoms with Gasteiger partial charge in [0.05, 0.1) is 0 Å². The molecule has 0 amide bonds. The van der Waals surface area contributed by atoms with E-state index in [1.807, 2.05) is 41.4 Å². The lowest BCUT2D eigenvalue weighted by Crippen LogP contribution is -3.00. The van der Waals surface area contributed by atoms with Gasteiger partial charge in [0.2, 0.25) is 0 Å². The van der Waals surface area contributed by atoms with Crippen LogP contribution in [-0.4, -0.2) is 5.11 Å². The zero-order valence-electron chi connectivity index (χ0n) is 19.7. The second-order valence-corrected chi connectivity index (χ2v) is 8.00. The maximum Gasteiger partial charge on any atom is 0.169 e. The fraction of sp³-hybridized carbons (Fsp3) is 0.407. The van der Waals surface area contributed by atoms with Gasteiger partial charge in [0, 0.05) is 24.3 Å². The summed E-state index contributed by atoms with van der Waals surface area (Å²) in [5, 5.41) is 9.58. The maximum absolute atomic E-state index is 9.58. The first kappa shape index (κ1) is 29.9. The molecule has 5 heteroatoms. The predicted octanol–water partition coefficient (Wildman–Crippen LogP) is -0.304. The van der Waals surface area contributed by atoms with Crippen LogP contribution in [0.2, 0.25) is 0 Å². The van der Waals surface area contributed by atoms with Crippen molar-refractivity contribution in [1.29, 1.82) is 0 Å². The van der Waals surface area contributed by atoms with Crippen molar-refractivity contribution < 1.29 is 39.1 Å². The highest BCUT2D eigenvalue weighted by Crippen LogP contribution is 2.19. The Labute approximate surface area is 207 Å². The molecule has 3 rings (SSSR count). The number of halogens is 2. The van der Waals surface area contributed by atoms with Gasteiger partial charge in [0.25, 0.3) is 0 Å². The van der Waals surface area contributed by atoms with Gasteiger partial charge in [-0.1, -0.05) is 63.6 Å². The molecule has 0 atom stereocenters. The predicted molar refractivity (Wildman–Crippen MR) is 124 cm³/mol. The highest BCUT2D eigenvalue weighted by molar-refractivity contribution is 5.60. The van der Waals surface area contributed by atoms with Crippen molar-refractivity contribution in [2.75, 3.05) is 0 Å². The molecule has 0 unspecified atom stereocenters. The largest absolute Gasteiger partial charge is 1.00 e. The van der Waals surface area contributed by atoms with E-state index >= 15 is 0 Å². The van der Waals surface area contributed by atoms with Gasteiger partial charge < -0.3 is 29.9 Å². The number of phenolic OH excluding ortho intramolecular Hbond substituents is 1. The average Bonchev–Trinajstić information content (AvgIpc) is 2.76. The van der Waals surface area contributed by atoms with E-state index in [1.165, 1.54) is 56.1 Å². The molecule has 1 N–H and O–H groups in total.